The van der Waals surface area contributed by atoms with Crippen LogP contribution in [0.1, 0.15) is 23.6 Å². The van der Waals surface area contributed by atoms with Crippen LogP contribution in [-0.4, -0.2) is 23.7 Å². The third kappa shape index (κ3) is 3.87. The number of hydrogen-bond donors (Lipinski definition) is 1. The Labute approximate surface area is 107 Å². The summed E-state index contributed by atoms with van der Waals surface area (Å²) < 4.78 is 4.78. The van der Waals surface area contributed by atoms with Crippen LogP contribution in [0.15, 0.2) is 18.2 Å². The normalized spacial score (nSPS) is 11.9. The largest absolute Gasteiger partial charge is 0.481 e. The first-order valence-corrected chi connectivity index (χ1v) is 5.90. The minimum absolute atomic E-state index is 0.163. The summed E-state index contributed by atoms with van der Waals surface area (Å²) in [4.78, 5) is 22.6. The van der Waals surface area contributed by atoms with Crippen molar-refractivity contribution in [2.75, 3.05) is 6.61 Å². The fourth-order valence-electron chi connectivity index (χ4n) is 1.94. The van der Waals surface area contributed by atoms with Crippen LogP contribution in [0.2, 0.25) is 0 Å². The van der Waals surface area contributed by atoms with E-state index in [1.807, 2.05) is 32.0 Å². The molecular weight excluding hydrogens is 232 g/mol. The van der Waals surface area contributed by atoms with Gasteiger partial charge in [-0.1, -0.05) is 29.3 Å². The highest BCUT2D eigenvalue weighted by atomic mass is 16.5. The van der Waals surface area contributed by atoms with Gasteiger partial charge in [-0.05, 0) is 32.8 Å². The summed E-state index contributed by atoms with van der Waals surface area (Å²) in [7, 11) is 0. The lowest BCUT2D eigenvalue weighted by Gasteiger charge is -2.12. The molecule has 0 aliphatic heterocycles. The molecule has 1 rings (SSSR count). The molecule has 1 atom stereocenters. The van der Waals surface area contributed by atoms with Crippen LogP contribution in [0.3, 0.4) is 0 Å². The second-order valence-electron chi connectivity index (χ2n) is 4.34. The van der Waals surface area contributed by atoms with E-state index in [0.717, 1.165) is 16.7 Å². The number of carboxylic acids is 1. The Kier molecular flexibility index (Phi) is 4.89. The zero-order chi connectivity index (χ0) is 13.7. The Bertz CT molecular complexity index is 431. The van der Waals surface area contributed by atoms with Crippen molar-refractivity contribution in [3.63, 3.8) is 0 Å². The fraction of sp³-hybridized carbons (Fsp3) is 0.429. The number of carbonyl (C=O) groups excluding carboxylic acids is 1. The highest BCUT2D eigenvalue weighted by molar-refractivity contribution is 5.94. The van der Waals surface area contributed by atoms with Crippen LogP contribution in [0.25, 0.3) is 0 Å². The topological polar surface area (TPSA) is 63.6 Å². The average molecular weight is 250 g/mol. The predicted octanol–water partition coefficient (Wildman–Crippen LogP) is 2.11. The van der Waals surface area contributed by atoms with Crippen LogP contribution >= 0.6 is 0 Å². The third-order valence-electron chi connectivity index (χ3n) is 2.59. The van der Waals surface area contributed by atoms with Crippen molar-refractivity contribution in [3.8, 4) is 0 Å². The summed E-state index contributed by atoms with van der Waals surface area (Å²) in [5.41, 5.74) is 2.95. The maximum atomic E-state index is 11.6. The highest BCUT2D eigenvalue weighted by Gasteiger charge is 2.27. The first-order valence-electron chi connectivity index (χ1n) is 5.90. The molecule has 0 amide bonds. The standard InChI is InChI=1S/C14H18O4/c1-4-18-14(17)12(13(15)16)8-11-6-9(2)5-10(3)7-11/h5-7,12H,4,8H2,1-3H3,(H,15,16). The Morgan fingerprint density at radius 3 is 2.22 bits per heavy atom. The van der Waals surface area contributed by atoms with Gasteiger partial charge in [0.15, 0.2) is 5.92 Å². The minimum atomic E-state index is -1.15. The number of aliphatic carboxylic acids is 1. The minimum Gasteiger partial charge on any atom is -0.481 e. The number of hydrogen-bond acceptors (Lipinski definition) is 3. The molecule has 0 aliphatic carbocycles. The van der Waals surface area contributed by atoms with E-state index in [-0.39, 0.29) is 13.0 Å². The van der Waals surface area contributed by atoms with Gasteiger partial charge in [-0.3, -0.25) is 9.59 Å². The van der Waals surface area contributed by atoms with E-state index in [1.54, 1.807) is 6.92 Å². The SMILES string of the molecule is CCOC(=O)C(Cc1cc(C)cc(C)c1)C(=O)O. The molecule has 1 unspecified atom stereocenters. The van der Waals surface area contributed by atoms with E-state index < -0.39 is 17.9 Å². The predicted molar refractivity (Wildman–Crippen MR) is 67.4 cm³/mol. The maximum absolute atomic E-state index is 11.6. The Hall–Kier alpha value is -1.84. The van der Waals surface area contributed by atoms with Crippen molar-refractivity contribution in [3.05, 3.63) is 34.9 Å². The number of benzene rings is 1. The lowest BCUT2D eigenvalue weighted by molar-refractivity contribution is -0.158. The van der Waals surface area contributed by atoms with Gasteiger partial charge in [0, 0.05) is 0 Å². The Morgan fingerprint density at radius 1 is 1.22 bits per heavy atom. The molecule has 4 nitrogen and oxygen atoms in total. The van der Waals surface area contributed by atoms with Crippen LogP contribution in [-0.2, 0) is 20.7 Å². The lowest BCUT2D eigenvalue weighted by Crippen LogP contribution is -2.28. The van der Waals surface area contributed by atoms with Crippen molar-refractivity contribution in [1.82, 2.24) is 0 Å². The summed E-state index contributed by atoms with van der Waals surface area (Å²) in [6, 6.07) is 5.79. The molecule has 0 bridgehead atoms. The first kappa shape index (κ1) is 14.2. The fourth-order valence-corrected chi connectivity index (χ4v) is 1.94. The highest BCUT2D eigenvalue weighted by Crippen LogP contribution is 2.15. The molecule has 4 heteroatoms. The third-order valence-corrected chi connectivity index (χ3v) is 2.59. The molecule has 0 aromatic heterocycles. The molecule has 98 valence electrons. The Morgan fingerprint density at radius 2 is 1.78 bits per heavy atom. The maximum Gasteiger partial charge on any atom is 0.320 e. The molecule has 0 radical (unpaired) electrons. The summed E-state index contributed by atoms with van der Waals surface area (Å²) in [5, 5.41) is 9.07. The molecule has 0 saturated heterocycles. The summed E-state index contributed by atoms with van der Waals surface area (Å²) in [5.74, 6) is -2.96. The molecule has 0 spiro atoms. The van der Waals surface area contributed by atoms with Gasteiger partial charge in [0.1, 0.15) is 0 Å². The van der Waals surface area contributed by atoms with Gasteiger partial charge in [-0.25, -0.2) is 0 Å². The van der Waals surface area contributed by atoms with Crippen molar-refractivity contribution in [2.24, 2.45) is 5.92 Å². The van der Waals surface area contributed by atoms with Crippen LogP contribution < -0.4 is 0 Å². The molecule has 0 heterocycles. The van der Waals surface area contributed by atoms with Gasteiger partial charge in [0.2, 0.25) is 0 Å². The molecule has 1 aromatic carbocycles. The Balaban J connectivity index is 2.89. The molecule has 1 aromatic rings. The lowest BCUT2D eigenvalue weighted by atomic mass is 9.97. The van der Waals surface area contributed by atoms with Crippen molar-refractivity contribution in [1.29, 1.82) is 0 Å². The molecule has 0 fully saturated rings. The van der Waals surface area contributed by atoms with Gasteiger partial charge in [0.05, 0.1) is 6.61 Å². The summed E-state index contributed by atoms with van der Waals surface area (Å²) in [6.45, 7) is 5.73. The number of esters is 1. The second kappa shape index (κ2) is 6.19. The van der Waals surface area contributed by atoms with E-state index >= 15 is 0 Å². The number of rotatable bonds is 5. The molecule has 18 heavy (non-hydrogen) atoms. The second-order valence-corrected chi connectivity index (χ2v) is 4.34. The van der Waals surface area contributed by atoms with Crippen LogP contribution in [0.4, 0.5) is 0 Å². The van der Waals surface area contributed by atoms with Gasteiger partial charge in [-0.2, -0.15) is 0 Å². The zero-order valence-electron chi connectivity index (χ0n) is 10.9. The average Bonchev–Trinajstić information content (AvgIpc) is 2.24. The van der Waals surface area contributed by atoms with Crippen LogP contribution in [0.5, 0.6) is 0 Å². The number of ether oxygens (including phenoxy) is 1. The van der Waals surface area contributed by atoms with E-state index in [0.29, 0.717) is 0 Å². The van der Waals surface area contributed by atoms with Crippen molar-refractivity contribution >= 4 is 11.9 Å². The monoisotopic (exact) mass is 250 g/mol. The van der Waals surface area contributed by atoms with Crippen molar-refractivity contribution in [2.45, 2.75) is 27.2 Å². The molecular formula is C14H18O4. The first-order chi connectivity index (χ1) is 8.43. The molecule has 0 aliphatic rings. The number of carbonyl (C=O) groups is 2. The van der Waals surface area contributed by atoms with Gasteiger partial charge < -0.3 is 9.84 Å². The van der Waals surface area contributed by atoms with E-state index in [9.17, 15) is 9.59 Å². The molecule has 1 N–H and O–H groups in total. The summed E-state index contributed by atoms with van der Waals surface area (Å²) >= 11 is 0. The molecule has 0 saturated carbocycles. The van der Waals surface area contributed by atoms with Gasteiger partial charge in [-0.15, -0.1) is 0 Å². The van der Waals surface area contributed by atoms with Gasteiger partial charge >= 0.3 is 11.9 Å². The quantitative estimate of drug-likeness (QED) is 0.642. The summed E-state index contributed by atoms with van der Waals surface area (Å²) in [6.07, 6.45) is 0.163. The van der Waals surface area contributed by atoms with E-state index in [1.165, 1.54) is 0 Å². The van der Waals surface area contributed by atoms with Crippen molar-refractivity contribution < 1.29 is 19.4 Å². The smallest absolute Gasteiger partial charge is 0.320 e. The van der Waals surface area contributed by atoms with Crippen LogP contribution in [0, 0.1) is 19.8 Å². The number of carboxylic acid groups (broad SMARTS) is 1. The van der Waals surface area contributed by atoms with E-state index in [4.69, 9.17) is 9.84 Å². The van der Waals surface area contributed by atoms with E-state index in [2.05, 4.69) is 0 Å². The number of aryl methyl sites for hydroxylation is 2. The van der Waals surface area contributed by atoms with Gasteiger partial charge in [0.25, 0.3) is 0 Å². The zero-order valence-corrected chi connectivity index (χ0v) is 10.9.